The first-order valence-electron chi connectivity index (χ1n) is 13.7. The van der Waals surface area contributed by atoms with Crippen LogP contribution in [0.3, 0.4) is 0 Å². The number of H-pyrrole nitrogens is 1. The second-order valence-electron chi connectivity index (χ2n) is 10.6. The van der Waals surface area contributed by atoms with Crippen molar-refractivity contribution in [1.82, 2.24) is 19.1 Å². The van der Waals surface area contributed by atoms with Crippen LogP contribution < -0.4 is 11.2 Å². The zero-order chi connectivity index (χ0) is 30.2. The molecule has 2 heterocycles. The van der Waals surface area contributed by atoms with Crippen molar-refractivity contribution >= 4 is 36.0 Å². The van der Waals surface area contributed by atoms with E-state index >= 15 is 4.39 Å². The van der Waals surface area contributed by atoms with Gasteiger partial charge in [-0.1, -0.05) is 21.6 Å². The Hall–Kier alpha value is -0.950. The Morgan fingerprint density at radius 3 is 2.51 bits per heavy atom. The number of hydrogen-bond acceptors (Lipinski definition) is 9. The van der Waals surface area contributed by atoms with Gasteiger partial charge in [0.25, 0.3) is 14.1 Å². The van der Waals surface area contributed by atoms with Crippen LogP contribution in [-0.4, -0.2) is 86.7 Å². The molecule has 1 aliphatic heterocycles. The van der Waals surface area contributed by atoms with Crippen LogP contribution in [-0.2, 0) is 18.6 Å². The van der Waals surface area contributed by atoms with E-state index in [1.807, 2.05) is 46.2 Å². The minimum atomic E-state index is -1.75. The van der Waals surface area contributed by atoms with Crippen LogP contribution in [0.25, 0.3) is 0 Å². The Morgan fingerprint density at radius 2 is 1.95 bits per heavy atom. The van der Waals surface area contributed by atoms with E-state index in [1.54, 1.807) is 40.6 Å². The normalized spacial score (nSPS) is 23.0. The molecule has 0 aromatic carbocycles. The van der Waals surface area contributed by atoms with Crippen molar-refractivity contribution in [2.75, 3.05) is 26.5 Å². The molecule has 0 saturated carbocycles. The highest BCUT2D eigenvalue weighted by molar-refractivity contribution is 8.77. The second kappa shape index (κ2) is 15.3. The number of rotatable bonds is 15. The van der Waals surface area contributed by atoms with Crippen molar-refractivity contribution in [2.45, 2.75) is 103 Å². The predicted octanol–water partition coefficient (Wildman–Crippen LogP) is 4.57. The number of carbonyl (C=O) groups excluding carboxylic acids is 1. The van der Waals surface area contributed by atoms with Crippen LogP contribution in [0.15, 0.2) is 21.9 Å². The zero-order valence-electron chi connectivity index (χ0n) is 25.1. The molecule has 10 nitrogen and oxygen atoms in total. The number of aromatic nitrogens is 2. The molecular weight excluding hydrogens is 566 g/mol. The van der Waals surface area contributed by atoms with E-state index in [1.165, 1.54) is 6.20 Å². The van der Waals surface area contributed by atoms with Gasteiger partial charge in [0, 0.05) is 45.6 Å². The van der Waals surface area contributed by atoms with Crippen LogP contribution in [0, 0.1) is 0 Å². The van der Waals surface area contributed by atoms with Crippen LogP contribution in [0.1, 0.15) is 68.9 Å². The van der Waals surface area contributed by atoms with Crippen molar-refractivity contribution < 1.29 is 24.3 Å². The van der Waals surface area contributed by atoms with Gasteiger partial charge in [-0.05, 0) is 61.3 Å². The van der Waals surface area contributed by atoms with E-state index in [0.717, 1.165) is 29.2 Å². The molecule has 1 amide bonds. The number of alkyl halides is 1. The number of nitrogens with one attached hydrogen (secondary N) is 1. The third-order valence-corrected chi connectivity index (χ3v) is 11.3. The molecule has 0 bridgehead atoms. The fourth-order valence-corrected chi connectivity index (χ4v) is 8.53. The van der Waals surface area contributed by atoms with Gasteiger partial charge < -0.3 is 18.7 Å². The topological polar surface area (TPSA) is 106 Å². The molecule has 1 aromatic rings. The quantitative estimate of drug-likeness (QED) is 0.174. The maximum Gasteiger partial charge on any atom is 0.330 e. The first-order valence-corrected chi connectivity index (χ1v) is 16.5. The van der Waals surface area contributed by atoms with Crippen LogP contribution in [0.4, 0.5) is 4.39 Å². The first kappa shape index (κ1) is 32.6. The number of unbranched alkanes of at least 4 members (excludes halogenated alkanes) is 1. The summed E-state index contributed by atoms with van der Waals surface area (Å²) < 4.78 is 44.4. The highest BCUT2D eigenvalue weighted by atomic mass is 33.1. The van der Waals surface area contributed by atoms with Gasteiger partial charge in [0.2, 0.25) is 5.91 Å². The van der Waals surface area contributed by atoms with Crippen molar-refractivity contribution in [1.29, 1.82) is 0 Å². The molecule has 224 valence electrons. The third-order valence-electron chi connectivity index (χ3n) is 5.86. The summed E-state index contributed by atoms with van der Waals surface area (Å²) in [6, 6.07) is 1.21. The Kier molecular flexibility index (Phi) is 12.8. The Labute approximate surface area is 241 Å². The standard InChI is InChI=1S/C25H44FN4O6PS2/c1-16(2)30(17(3)4)37(34-14-10-11-15-38-39-25(6,7)23(32)28(8)9)36-21-18(5)35-22(20(21)26)29-13-12-19(31)27-24(29)33/h12-13,16-18,20-22H,10-11,14-15H2,1-9H3,(H,27,31,33)/i5D. The fourth-order valence-electron chi connectivity index (χ4n) is 4.07. The molecule has 0 radical (unpaired) electrons. The van der Waals surface area contributed by atoms with Gasteiger partial charge in [0.15, 0.2) is 12.4 Å². The summed E-state index contributed by atoms with van der Waals surface area (Å²) in [5, 5.41) is 0. The Bertz CT molecular complexity index is 1050. The summed E-state index contributed by atoms with van der Waals surface area (Å²) in [7, 11) is 5.00. The van der Waals surface area contributed by atoms with Gasteiger partial charge >= 0.3 is 5.69 Å². The van der Waals surface area contributed by atoms with Gasteiger partial charge in [0.05, 0.1) is 17.5 Å². The van der Waals surface area contributed by atoms with Crippen molar-refractivity contribution in [3.05, 3.63) is 33.1 Å². The lowest BCUT2D eigenvalue weighted by atomic mass is 10.2. The van der Waals surface area contributed by atoms with E-state index in [9.17, 15) is 14.4 Å². The molecule has 14 heteroatoms. The monoisotopic (exact) mass is 611 g/mol. The second-order valence-corrected chi connectivity index (χ2v) is 15.0. The maximum absolute atomic E-state index is 15.7. The van der Waals surface area contributed by atoms with Crippen LogP contribution in [0.2, 0.25) is 0 Å². The lowest BCUT2D eigenvalue weighted by molar-refractivity contribution is -0.130. The van der Waals surface area contributed by atoms with E-state index in [4.69, 9.17) is 15.2 Å². The number of amides is 1. The predicted molar refractivity (Wildman–Crippen MR) is 158 cm³/mol. The maximum atomic E-state index is 15.7. The van der Waals surface area contributed by atoms with Gasteiger partial charge in [-0.15, -0.1) is 0 Å². The lowest BCUT2D eigenvalue weighted by Crippen LogP contribution is -2.38. The van der Waals surface area contributed by atoms with Crippen molar-refractivity contribution in [3.8, 4) is 0 Å². The molecule has 1 aliphatic rings. The summed E-state index contributed by atoms with van der Waals surface area (Å²) >= 11 is 0. The summed E-state index contributed by atoms with van der Waals surface area (Å²) in [4.78, 5) is 39.7. The smallest absolute Gasteiger partial charge is 0.330 e. The molecule has 1 fully saturated rings. The van der Waals surface area contributed by atoms with Crippen LogP contribution >= 0.6 is 30.1 Å². The van der Waals surface area contributed by atoms with Gasteiger partial charge in [-0.2, -0.15) is 0 Å². The average molecular weight is 612 g/mol. The molecule has 5 unspecified atom stereocenters. The third kappa shape index (κ3) is 9.55. The number of nitrogens with zero attached hydrogens (tertiary/aromatic N) is 3. The molecule has 0 aliphatic carbocycles. The molecule has 2 rings (SSSR count). The van der Waals surface area contributed by atoms with Crippen molar-refractivity contribution in [3.63, 3.8) is 0 Å². The molecule has 1 aromatic heterocycles. The summed E-state index contributed by atoms with van der Waals surface area (Å²) in [5.41, 5.74) is -1.39. The van der Waals surface area contributed by atoms with E-state index in [0.29, 0.717) is 6.61 Å². The number of carbonyl (C=O) groups is 1. The fraction of sp³-hybridized carbons (Fsp3) is 0.800. The number of hydrogen-bond donors (Lipinski definition) is 1. The largest absolute Gasteiger partial charge is 0.349 e. The molecular formula is C25H44FN4O6PS2. The molecule has 5 atom stereocenters. The SMILES string of the molecule is [2H]CC1OC(n2ccc(=O)[nH]c2=O)C(F)C1OP(OCCCCSSC(C)(C)C(=O)N(C)C)N(C(C)C)C(C)C. The van der Waals surface area contributed by atoms with E-state index in [2.05, 4.69) is 4.98 Å². The minimum Gasteiger partial charge on any atom is -0.349 e. The number of ether oxygens (including phenoxy) is 1. The number of aromatic amines is 1. The van der Waals surface area contributed by atoms with Crippen molar-refractivity contribution in [2.24, 2.45) is 0 Å². The van der Waals surface area contributed by atoms with Crippen LogP contribution in [0.5, 0.6) is 0 Å². The van der Waals surface area contributed by atoms with Gasteiger partial charge in [0.1, 0.15) is 6.10 Å². The Morgan fingerprint density at radius 1 is 1.28 bits per heavy atom. The molecule has 1 N–H and O–H groups in total. The molecule has 1 saturated heterocycles. The summed E-state index contributed by atoms with van der Waals surface area (Å²) in [6.07, 6.45) is -2.34. The minimum absolute atomic E-state index is 0.0435. The average Bonchev–Trinajstić information content (AvgIpc) is 3.17. The zero-order valence-corrected chi connectivity index (χ0v) is 26.6. The van der Waals surface area contributed by atoms with E-state index < -0.39 is 49.1 Å². The van der Waals surface area contributed by atoms with E-state index in [-0.39, 0.29) is 24.9 Å². The first-order chi connectivity index (χ1) is 18.7. The van der Waals surface area contributed by atoms with Gasteiger partial charge in [-0.25, -0.2) is 13.9 Å². The summed E-state index contributed by atoms with van der Waals surface area (Å²) in [5.74, 6) is 0.911. The van der Waals surface area contributed by atoms with Gasteiger partial charge in [-0.3, -0.25) is 19.1 Å². The highest BCUT2D eigenvalue weighted by Crippen LogP contribution is 2.50. The summed E-state index contributed by atoms with van der Waals surface area (Å²) in [6.45, 7) is 12.0. The Balaban J connectivity index is 2.04. The highest BCUT2D eigenvalue weighted by Gasteiger charge is 2.47. The molecule has 0 spiro atoms. The molecule has 39 heavy (non-hydrogen) atoms. The lowest BCUT2D eigenvalue weighted by Gasteiger charge is -2.37. The number of halogens is 1.